The summed E-state index contributed by atoms with van der Waals surface area (Å²) in [4.78, 5) is 30.8. The van der Waals surface area contributed by atoms with Crippen molar-refractivity contribution in [2.24, 2.45) is 0 Å². The van der Waals surface area contributed by atoms with Crippen molar-refractivity contribution in [1.29, 1.82) is 0 Å². The van der Waals surface area contributed by atoms with Gasteiger partial charge in [0, 0.05) is 37.9 Å². The molecule has 8 heteroatoms. The summed E-state index contributed by atoms with van der Waals surface area (Å²) in [5.74, 6) is 1.35. The molecule has 1 saturated heterocycles. The van der Waals surface area contributed by atoms with Crippen LogP contribution in [0.5, 0.6) is 5.75 Å². The fourth-order valence-corrected chi connectivity index (χ4v) is 3.03. The average molecular weight is 383 g/mol. The zero-order valence-corrected chi connectivity index (χ0v) is 15.9. The molecule has 1 aromatic carbocycles. The Balaban J connectivity index is 1.44. The number of rotatable bonds is 7. The molecule has 1 aliphatic rings. The molecule has 3 amide bonds. The van der Waals surface area contributed by atoms with Crippen LogP contribution >= 0.6 is 0 Å². The number of aromatic nitrogens is 1. The maximum Gasteiger partial charge on any atom is 0.319 e. The van der Waals surface area contributed by atoms with Crippen LogP contribution in [0.15, 0.2) is 42.6 Å². The molecule has 0 unspecified atom stereocenters. The summed E-state index contributed by atoms with van der Waals surface area (Å²) in [7, 11) is 1.58. The highest BCUT2D eigenvalue weighted by Crippen LogP contribution is 2.26. The van der Waals surface area contributed by atoms with E-state index in [4.69, 9.17) is 4.74 Å². The smallest absolute Gasteiger partial charge is 0.319 e. The lowest BCUT2D eigenvalue weighted by atomic mass is 10.3. The minimum Gasteiger partial charge on any atom is -0.497 e. The van der Waals surface area contributed by atoms with E-state index in [9.17, 15) is 9.59 Å². The molecule has 2 aromatic rings. The summed E-state index contributed by atoms with van der Waals surface area (Å²) < 4.78 is 5.07. The summed E-state index contributed by atoms with van der Waals surface area (Å²) in [6.07, 6.45) is 4.17. The van der Waals surface area contributed by atoms with E-state index in [0.717, 1.165) is 31.7 Å². The number of urea groups is 1. The highest BCUT2D eigenvalue weighted by atomic mass is 16.5. The number of ether oxygens (including phenoxy) is 1. The van der Waals surface area contributed by atoms with Crippen LogP contribution in [0.4, 0.5) is 22.0 Å². The largest absolute Gasteiger partial charge is 0.497 e. The predicted molar refractivity (Wildman–Crippen MR) is 109 cm³/mol. The zero-order chi connectivity index (χ0) is 19.8. The van der Waals surface area contributed by atoms with Gasteiger partial charge in [0.25, 0.3) is 0 Å². The van der Waals surface area contributed by atoms with Crippen LogP contribution < -0.4 is 25.6 Å². The number of nitrogens with zero attached hydrogens (tertiary/aromatic N) is 2. The fraction of sp³-hybridized carbons (Fsp3) is 0.350. The molecule has 28 heavy (non-hydrogen) atoms. The molecule has 1 fully saturated rings. The SMILES string of the molecule is COc1ccc(NC(=O)NCCC(=O)Nc2cccnc2N2CCCC2)cc1. The van der Waals surface area contributed by atoms with Gasteiger partial charge >= 0.3 is 6.03 Å². The van der Waals surface area contributed by atoms with Crippen molar-refractivity contribution in [3.8, 4) is 5.75 Å². The van der Waals surface area contributed by atoms with Gasteiger partial charge in [-0.05, 0) is 49.2 Å². The van der Waals surface area contributed by atoms with Crippen molar-refractivity contribution in [2.45, 2.75) is 19.3 Å². The second-order valence-corrected chi connectivity index (χ2v) is 6.48. The number of hydrogen-bond acceptors (Lipinski definition) is 5. The quantitative estimate of drug-likeness (QED) is 0.683. The summed E-state index contributed by atoms with van der Waals surface area (Å²) in [5, 5.41) is 8.28. The molecule has 0 spiro atoms. The summed E-state index contributed by atoms with van der Waals surface area (Å²) in [6, 6.07) is 10.3. The van der Waals surface area contributed by atoms with E-state index in [-0.39, 0.29) is 24.9 Å². The van der Waals surface area contributed by atoms with Gasteiger partial charge in [-0.2, -0.15) is 0 Å². The Kier molecular flexibility index (Phi) is 6.67. The first-order chi connectivity index (χ1) is 13.7. The number of carbonyl (C=O) groups excluding carboxylic acids is 2. The van der Waals surface area contributed by atoms with Gasteiger partial charge in [0.15, 0.2) is 5.82 Å². The number of nitrogens with one attached hydrogen (secondary N) is 3. The number of carbonyl (C=O) groups is 2. The van der Waals surface area contributed by atoms with Crippen LogP contribution in [-0.4, -0.2) is 43.7 Å². The number of methoxy groups -OCH3 is 1. The Bertz CT molecular complexity index is 804. The summed E-state index contributed by atoms with van der Waals surface area (Å²) >= 11 is 0. The lowest BCUT2D eigenvalue weighted by Gasteiger charge is -2.20. The highest BCUT2D eigenvalue weighted by molar-refractivity contribution is 5.94. The first kappa shape index (κ1) is 19.5. The third-order valence-electron chi connectivity index (χ3n) is 4.45. The molecular weight excluding hydrogens is 358 g/mol. The van der Waals surface area contributed by atoms with Gasteiger partial charge in [-0.1, -0.05) is 0 Å². The lowest BCUT2D eigenvalue weighted by molar-refractivity contribution is -0.116. The van der Waals surface area contributed by atoms with Gasteiger partial charge in [0.2, 0.25) is 5.91 Å². The summed E-state index contributed by atoms with van der Waals surface area (Å²) in [5.41, 5.74) is 1.35. The number of benzene rings is 1. The zero-order valence-electron chi connectivity index (χ0n) is 15.9. The monoisotopic (exact) mass is 383 g/mol. The van der Waals surface area contributed by atoms with Gasteiger partial charge in [-0.3, -0.25) is 4.79 Å². The molecule has 0 aliphatic carbocycles. The van der Waals surface area contributed by atoms with Gasteiger partial charge in [-0.25, -0.2) is 9.78 Å². The van der Waals surface area contributed by atoms with Crippen molar-refractivity contribution in [3.05, 3.63) is 42.6 Å². The molecular formula is C20H25N5O3. The van der Waals surface area contributed by atoms with E-state index in [1.807, 2.05) is 6.07 Å². The molecule has 0 saturated carbocycles. The topological polar surface area (TPSA) is 95.6 Å². The molecule has 0 bridgehead atoms. The number of pyridine rings is 1. The summed E-state index contributed by atoms with van der Waals surface area (Å²) in [6.45, 7) is 2.13. The van der Waals surface area contributed by atoms with E-state index in [1.165, 1.54) is 0 Å². The Morgan fingerprint density at radius 1 is 1.11 bits per heavy atom. The predicted octanol–water partition coefficient (Wildman–Crippen LogP) is 2.84. The molecule has 8 nitrogen and oxygen atoms in total. The van der Waals surface area contributed by atoms with Crippen molar-refractivity contribution in [3.63, 3.8) is 0 Å². The van der Waals surface area contributed by atoms with E-state index in [0.29, 0.717) is 17.1 Å². The lowest BCUT2D eigenvalue weighted by Crippen LogP contribution is -2.31. The van der Waals surface area contributed by atoms with Crippen molar-refractivity contribution in [1.82, 2.24) is 10.3 Å². The van der Waals surface area contributed by atoms with Gasteiger partial charge < -0.3 is 25.6 Å². The maximum atomic E-state index is 12.2. The second-order valence-electron chi connectivity index (χ2n) is 6.48. The van der Waals surface area contributed by atoms with Crippen LogP contribution in [0.3, 0.4) is 0 Å². The highest BCUT2D eigenvalue weighted by Gasteiger charge is 2.17. The number of hydrogen-bond donors (Lipinski definition) is 3. The van der Waals surface area contributed by atoms with Crippen molar-refractivity contribution < 1.29 is 14.3 Å². The van der Waals surface area contributed by atoms with Crippen LogP contribution in [0, 0.1) is 0 Å². The van der Waals surface area contributed by atoms with Crippen molar-refractivity contribution in [2.75, 3.05) is 42.3 Å². The Hall–Kier alpha value is -3.29. The first-order valence-electron chi connectivity index (χ1n) is 9.34. The van der Waals surface area contributed by atoms with Crippen LogP contribution in [0.2, 0.25) is 0 Å². The van der Waals surface area contributed by atoms with Gasteiger partial charge in [0.1, 0.15) is 5.75 Å². The Morgan fingerprint density at radius 3 is 2.57 bits per heavy atom. The van der Waals surface area contributed by atoms with E-state index >= 15 is 0 Å². The van der Waals surface area contributed by atoms with Crippen LogP contribution in [0.25, 0.3) is 0 Å². The third kappa shape index (κ3) is 5.35. The second kappa shape index (κ2) is 9.59. The standard InChI is InChI=1S/C20H25N5O3/c1-28-16-8-6-15(7-9-16)23-20(27)22-12-10-18(26)24-17-5-4-11-21-19(17)25-13-2-3-14-25/h4-9,11H,2-3,10,12-14H2,1H3,(H,24,26)(H2,22,23,27). The molecule has 2 heterocycles. The van der Waals surface area contributed by atoms with Crippen molar-refractivity contribution >= 4 is 29.1 Å². The van der Waals surface area contributed by atoms with Gasteiger partial charge in [0.05, 0.1) is 12.8 Å². The molecule has 3 N–H and O–H groups in total. The Morgan fingerprint density at radius 2 is 1.86 bits per heavy atom. The first-order valence-corrected chi connectivity index (χ1v) is 9.34. The van der Waals surface area contributed by atoms with E-state index in [1.54, 1.807) is 43.6 Å². The molecule has 148 valence electrons. The minimum absolute atomic E-state index is 0.168. The fourth-order valence-electron chi connectivity index (χ4n) is 3.03. The van der Waals surface area contributed by atoms with E-state index in [2.05, 4.69) is 25.8 Å². The van der Waals surface area contributed by atoms with Gasteiger partial charge in [-0.15, -0.1) is 0 Å². The number of anilines is 3. The number of amides is 3. The van der Waals surface area contributed by atoms with Crippen LogP contribution in [0.1, 0.15) is 19.3 Å². The average Bonchev–Trinajstić information content (AvgIpc) is 3.23. The molecule has 3 rings (SSSR count). The van der Waals surface area contributed by atoms with E-state index < -0.39 is 0 Å². The van der Waals surface area contributed by atoms with Crippen LogP contribution in [-0.2, 0) is 4.79 Å². The molecule has 1 aromatic heterocycles. The third-order valence-corrected chi connectivity index (χ3v) is 4.45. The maximum absolute atomic E-state index is 12.2. The molecule has 0 atom stereocenters. The Labute approximate surface area is 164 Å². The normalized spacial score (nSPS) is 13.1. The minimum atomic E-state index is -0.364. The molecule has 0 radical (unpaired) electrons. The molecule has 1 aliphatic heterocycles.